The molecular weight excluding hydrogens is 462 g/mol. The number of rotatable bonds is 7. The van der Waals surface area contributed by atoms with Crippen LogP contribution in [0.5, 0.6) is 0 Å². The molecule has 2 aliphatic heterocycles. The summed E-state index contributed by atoms with van der Waals surface area (Å²) in [7, 11) is -4.00. The van der Waals surface area contributed by atoms with Crippen LogP contribution in [0.1, 0.15) is 33.4 Å². The van der Waals surface area contributed by atoms with E-state index in [4.69, 9.17) is 24.3 Å². The minimum atomic E-state index is -4.00. The van der Waals surface area contributed by atoms with E-state index in [0.717, 1.165) is 0 Å². The predicted molar refractivity (Wildman–Crippen MR) is 111 cm³/mol. The van der Waals surface area contributed by atoms with E-state index in [9.17, 15) is 18.9 Å². The number of carbonyl (C=O) groups excluding carboxylic acids is 1. The molecule has 0 aromatic carbocycles. The number of aliphatic hydroxyl groups is 1. The highest BCUT2D eigenvalue weighted by atomic mass is 31.2. The molecule has 13 nitrogen and oxygen atoms in total. The first kappa shape index (κ1) is 23.9. The topological polar surface area (TPSA) is 173 Å². The Balaban J connectivity index is 1.54. The molecule has 2 aromatic rings. The number of nitrogen functional groups attached to an aromatic ring is 1. The highest BCUT2D eigenvalue weighted by Crippen LogP contribution is 2.53. The summed E-state index contributed by atoms with van der Waals surface area (Å²) in [5.41, 5.74) is 5.84. The second-order valence-corrected chi connectivity index (χ2v) is 9.91. The molecule has 0 amide bonds. The first-order chi connectivity index (χ1) is 15.6. The number of imidazole rings is 1. The number of nitrogens with zero attached hydrogens (tertiary/aromatic N) is 4. The third-order valence-corrected chi connectivity index (χ3v) is 6.90. The van der Waals surface area contributed by atoms with E-state index < -0.39 is 50.4 Å². The van der Waals surface area contributed by atoms with Crippen molar-refractivity contribution in [3.8, 4) is 0 Å². The number of nitrogens with one attached hydrogen (secondary N) is 1. The van der Waals surface area contributed by atoms with Gasteiger partial charge in [-0.3, -0.25) is 18.4 Å². The molecule has 6 atom stereocenters. The largest absolute Gasteiger partial charge is 0.465 e. The average molecular weight is 488 g/mol. The second kappa shape index (κ2) is 9.20. The van der Waals surface area contributed by atoms with Gasteiger partial charge < -0.3 is 20.3 Å². The Morgan fingerprint density at radius 2 is 2.24 bits per heavy atom. The molecule has 0 radical (unpaired) electrons. The first-order valence-corrected chi connectivity index (χ1v) is 12.0. The lowest BCUT2D eigenvalue weighted by Gasteiger charge is -2.33. The average Bonchev–Trinajstić information content (AvgIpc) is 3.28. The van der Waals surface area contributed by atoms with Crippen molar-refractivity contribution in [1.82, 2.24) is 24.6 Å². The quantitative estimate of drug-likeness (QED) is 0.286. The standard InChI is InChI=1S/C18H26FN6O7P/c1-4-29-17(27)9(5-8(2)3)24-33(28)30-6-10-13(32-33)12(26)16(31-10)25-7-21-11-14(20)22-18(19)23-15(11)25/h7-10,12-13,16,26H,4-6H2,1-3H3,(H,24,28)(H2,20,22,23). The molecule has 2 aliphatic rings. The van der Waals surface area contributed by atoms with Gasteiger partial charge in [0, 0.05) is 0 Å². The highest BCUT2D eigenvalue weighted by molar-refractivity contribution is 7.51. The molecule has 6 unspecified atom stereocenters. The predicted octanol–water partition coefficient (Wildman–Crippen LogP) is 0.897. The molecule has 4 heterocycles. The number of ether oxygens (including phenoxy) is 2. The monoisotopic (exact) mass is 488 g/mol. The molecule has 15 heteroatoms. The van der Waals surface area contributed by atoms with E-state index in [1.165, 1.54) is 10.9 Å². The van der Waals surface area contributed by atoms with Crippen molar-refractivity contribution >= 4 is 30.7 Å². The lowest BCUT2D eigenvalue weighted by atomic mass is 10.1. The molecule has 4 rings (SSSR count). The van der Waals surface area contributed by atoms with Crippen molar-refractivity contribution in [2.45, 2.75) is 57.8 Å². The van der Waals surface area contributed by atoms with Gasteiger partial charge >= 0.3 is 19.8 Å². The summed E-state index contributed by atoms with van der Waals surface area (Å²) in [5.74, 6) is -0.657. The number of anilines is 1. The van der Waals surface area contributed by atoms with Crippen molar-refractivity contribution in [1.29, 1.82) is 0 Å². The molecule has 2 fully saturated rings. The van der Waals surface area contributed by atoms with Gasteiger partial charge in [0.25, 0.3) is 0 Å². The van der Waals surface area contributed by atoms with Gasteiger partial charge in [-0.1, -0.05) is 13.8 Å². The number of nitrogens with two attached hydrogens (primary N) is 1. The zero-order chi connectivity index (χ0) is 23.9. The molecule has 0 aliphatic carbocycles. The molecule has 2 saturated heterocycles. The Morgan fingerprint density at radius 1 is 1.48 bits per heavy atom. The summed E-state index contributed by atoms with van der Waals surface area (Å²) < 4.78 is 50.2. The smallest absolute Gasteiger partial charge is 0.406 e. The van der Waals surface area contributed by atoms with Crippen molar-refractivity contribution in [2.24, 2.45) is 5.92 Å². The summed E-state index contributed by atoms with van der Waals surface area (Å²) in [6, 6.07) is -0.928. The normalized spacial score (nSPS) is 30.5. The first-order valence-electron chi connectivity index (χ1n) is 10.5. The number of esters is 1. The van der Waals surface area contributed by atoms with Crippen LogP contribution in [0.15, 0.2) is 6.33 Å². The zero-order valence-corrected chi connectivity index (χ0v) is 19.1. The van der Waals surface area contributed by atoms with Crippen molar-refractivity contribution in [3.05, 3.63) is 12.4 Å². The van der Waals surface area contributed by atoms with Crippen molar-refractivity contribution < 1.29 is 37.4 Å². The van der Waals surface area contributed by atoms with E-state index in [0.29, 0.717) is 6.42 Å². The minimum absolute atomic E-state index is 0.0178. The fourth-order valence-corrected chi connectivity index (χ4v) is 5.56. The van der Waals surface area contributed by atoms with Gasteiger partial charge in [-0.05, 0) is 19.3 Å². The van der Waals surface area contributed by atoms with E-state index in [-0.39, 0.29) is 36.1 Å². The van der Waals surface area contributed by atoms with Gasteiger partial charge in [0.05, 0.1) is 19.5 Å². The summed E-state index contributed by atoms with van der Waals surface area (Å²) in [5, 5.41) is 13.5. The van der Waals surface area contributed by atoms with Gasteiger partial charge in [0.1, 0.15) is 24.4 Å². The van der Waals surface area contributed by atoms with Crippen LogP contribution in [0.25, 0.3) is 11.2 Å². The molecule has 0 spiro atoms. The Kier molecular flexibility index (Phi) is 6.67. The van der Waals surface area contributed by atoms with Crippen molar-refractivity contribution in [2.75, 3.05) is 18.9 Å². The van der Waals surface area contributed by atoms with E-state index in [1.54, 1.807) is 6.92 Å². The lowest BCUT2D eigenvalue weighted by molar-refractivity contribution is -0.145. The zero-order valence-electron chi connectivity index (χ0n) is 18.3. The maximum atomic E-state index is 13.7. The van der Waals surface area contributed by atoms with Crippen LogP contribution in [0.4, 0.5) is 10.2 Å². The number of hydrogen-bond donors (Lipinski definition) is 3. The van der Waals surface area contributed by atoms with Crippen molar-refractivity contribution in [3.63, 3.8) is 0 Å². The van der Waals surface area contributed by atoms with Gasteiger partial charge in [-0.2, -0.15) is 14.4 Å². The SMILES string of the molecule is CCOC(=O)C(CC(C)C)NP1(=O)OCC2OC(n3cnc4c(N)nc(F)nc43)C(O)C2O1. The highest BCUT2D eigenvalue weighted by Gasteiger charge is 2.53. The van der Waals surface area contributed by atoms with Crippen LogP contribution in [-0.4, -0.2) is 68.2 Å². The Bertz CT molecular complexity index is 1080. The van der Waals surface area contributed by atoms with Crippen LogP contribution < -0.4 is 10.8 Å². The minimum Gasteiger partial charge on any atom is -0.465 e. The third kappa shape index (κ3) is 4.72. The maximum Gasteiger partial charge on any atom is 0.406 e. The van der Waals surface area contributed by atoms with E-state index >= 15 is 0 Å². The lowest BCUT2D eigenvalue weighted by Crippen LogP contribution is -2.45. The van der Waals surface area contributed by atoms with Crippen LogP contribution in [-0.2, 0) is 27.9 Å². The van der Waals surface area contributed by atoms with Crippen LogP contribution >= 0.6 is 7.75 Å². The van der Waals surface area contributed by atoms with Gasteiger partial charge in [0.15, 0.2) is 23.2 Å². The van der Waals surface area contributed by atoms with E-state index in [1.807, 2.05) is 13.8 Å². The third-order valence-electron chi connectivity index (χ3n) is 5.27. The number of fused-ring (bicyclic) bond motifs is 2. The summed E-state index contributed by atoms with van der Waals surface area (Å²) >= 11 is 0. The Hall–Kier alpha value is -2.22. The Labute approximate surface area is 188 Å². The summed E-state index contributed by atoms with van der Waals surface area (Å²) in [4.78, 5) is 23.5. The summed E-state index contributed by atoms with van der Waals surface area (Å²) in [6.45, 7) is 5.44. The number of aromatic nitrogens is 4. The molecule has 182 valence electrons. The maximum absolute atomic E-state index is 13.7. The molecule has 33 heavy (non-hydrogen) atoms. The molecule has 2 aromatic heterocycles. The molecular formula is C18H26FN6O7P. The molecule has 4 N–H and O–H groups in total. The summed E-state index contributed by atoms with van der Waals surface area (Å²) in [6.07, 6.45) is -3.73. The van der Waals surface area contributed by atoms with Crippen LogP contribution in [0.2, 0.25) is 0 Å². The van der Waals surface area contributed by atoms with E-state index in [2.05, 4.69) is 20.0 Å². The van der Waals surface area contributed by atoms with Gasteiger partial charge in [-0.25, -0.2) is 14.6 Å². The van der Waals surface area contributed by atoms with Gasteiger partial charge in [-0.15, -0.1) is 0 Å². The fourth-order valence-electron chi connectivity index (χ4n) is 3.85. The second-order valence-electron chi connectivity index (χ2n) is 8.18. The van der Waals surface area contributed by atoms with Crippen LogP contribution in [0, 0.1) is 12.0 Å². The Morgan fingerprint density at radius 3 is 2.94 bits per heavy atom. The number of carbonyl (C=O) groups is 1. The number of aliphatic hydroxyl groups excluding tert-OH is 1. The number of hydrogen-bond acceptors (Lipinski definition) is 11. The molecule has 0 bridgehead atoms. The number of halogens is 1. The van der Waals surface area contributed by atoms with Crippen LogP contribution in [0.3, 0.4) is 0 Å². The van der Waals surface area contributed by atoms with Gasteiger partial charge in [0.2, 0.25) is 0 Å². The fraction of sp³-hybridized carbons (Fsp3) is 0.667. The molecule has 0 saturated carbocycles.